The first-order valence-corrected chi connectivity index (χ1v) is 6.09. The van der Waals surface area contributed by atoms with E-state index in [9.17, 15) is 9.59 Å². The van der Waals surface area contributed by atoms with E-state index in [2.05, 4.69) is 4.98 Å². The molecule has 0 saturated heterocycles. The second-order valence-electron chi connectivity index (χ2n) is 5.52. The van der Waals surface area contributed by atoms with Crippen LogP contribution in [0.2, 0.25) is 0 Å². The van der Waals surface area contributed by atoms with Crippen molar-refractivity contribution in [1.29, 1.82) is 0 Å². The molecule has 0 aliphatic heterocycles. The Labute approximate surface area is 106 Å². The van der Waals surface area contributed by atoms with Gasteiger partial charge in [-0.05, 0) is 38.8 Å². The van der Waals surface area contributed by atoms with Gasteiger partial charge in [0.2, 0.25) is 0 Å². The average Bonchev–Trinajstić information content (AvgIpc) is 2.25. The Morgan fingerprint density at radius 3 is 2.67 bits per heavy atom. The van der Waals surface area contributed by atoms with Crippen LogP contribution in [0.3, 0.4) is 0 Å². The fourth-order valence-corrected chi connectivity index (χ4v) is 1.90. The highest BCUT2D eigenvalue weighted by atomic mass is 16.6. The molecule has 1 aliphatic rings. The fourth-order valence-electron chi connectivity index (χ4n) is 1.90. The molecule has 0 unspecified atom stereocenters. The third kappa shape index (κ3) is 2.94. The third-order valence-electron chi connectivity index (χ3n) is 2.71. The zero-order chi connectivity index (χ0) is 13.3. The number of fused-ring (bicyclic) bond motifs is 1. The minimum absolute atomic E-state index is 0.177. The Hall–Kier alpha value is -1.71. The van der Waals surface area contributed by atoms with E-state index in [1.807, 2.05) is 26.8 Å². The molecule has 0 N–H and O–H groups in total. The first kappa shape index (κ1) is 12.7. The molecule has 0 radical (unpaired) electrons. The Bertz CT molecular complexity index is 500. The van der Waals surface area contributed by atoms with E-state index in [1.165, 1.54) is 0 Å². The van der Waals surface area contributed by atoms with Crippen LogP contribution in [-0.4, -0.2) is 22.3 Å². The molecule has 4 heteroatoms. The predicted octanol–water partition coefficient (Wildman–Crippen LogP) is 2.09. The lowest BCUT2D eigenvalue weighted by molar-refractivity contribution is -0.118. The SMILES string of the molecule is CC(C)(C)OC(=O)c1ccc2c(n1)CC(=O)CC2. The average molecular weight is 247 g/mol. The van der Waals surface area contributed by atoms with E-state index in [4.69, 9.17) is 4.74 Å². The van der Waals surface area contributed by atoms with Crippen molar-refractivity contribution in [3.8, 4) is 0 Å². The van der Waals surface area contributed by atoms with Crippen LogP contribution in [0.25, 0.3) is 0 Å². The molecule has 0 bridgehead atoms. The highest BCUT2D eigenvalue weighted by Crippen LogP contribution is 2.19. The number of Topliss-reactive ketones (excluding diaryl/α,β-unsaturated/α-hetero) is 1. The van der Waals surface area contributed by atoms with Crippen molar-refractivity contribution in [2.24, 2.45) is 0 Å². The van der Waals surface area contributed by atoms with Gasteiger partial charge in [0.1, 0.15) is 17.1 Å². The highest BCUT2D eigenvalue weighted by molar-refractivity contribution is 5.88. The number of aryl methyl sites for hydroxylation is 1. The first-order chi connectivity index (χ1) is 8.35. The van der Waals surface area contributed by atoms with Gasteiger partial charge in [-0.3, -0.25) is 4.79 Å². The summed E-state index contributed by atoms with van der Waals surface area (Å²) in [7, 11) is 0. The lowest BCUT2D eigenvalue weighted by atomic mass is 9.95. The van der Waals surface area contributed by atoms with Crippen molar-refractivity contribution in [3.05, 3.63) is 29.1 Å². The van der Waals surface area contributed by atoms with E-state index < -0.39 is 11.6 Å². The molecule has 4 nitrogen and oxygen atoms in total. The van der Waals surface area contributed by atoms with Crippen molar-refractivity contribution in [1.82, 2.24) is 4.98 Å². The van der Waals surface area contributed by atoms with Crippen molar-refractivity contribution >= 4 is 11.8 Å². The predicted molar refractivity (Wildman–Crippen MR) is 66.4 cm³/mol. The van der Waals surface area contributed by atoms with Crippen LogP contribution in [0.1, 0.15) is 48.9 Å². The molecule has 0 spiro atoms. The molecule has 96 valence electrons. The standard InChI is InChI=1S/C14H17NO3/c1-14(2,3)18-13(17)11-7-5-9-4-6-10(16)8-12(9)15-11/h5,7H,4,6,8H2,1-3H3. The Morgan fingerprint density at radius 1 is 1.28 bits per heavy atom. The van der Waals surface area contributed by atoms with E-state index in [-0.39, 0.29) is 11.5 Å². The maximum absolute atomic E-state index is 11.9. The fraction of sp³-hybridized carbons (Fsp3) is 0.500. The van der Waals surface area contributed by atoms with Gasteiger partial charge in [-0.1, -0.05) is 6.07 Å². The highest BCUT2D eigenvalue weighted by Gasteiger charge is 2.22. The summed E-state index contributed by atoms with van der Waals surface area (Å²) in [5, 5.41) is 0. The Balaban J connectivity index is 2.23. The molecule has 1 aromatic heterocycles. The number of aromatic nitrogens is 1. The Kier molecular flexibility index (Phi) is 3.20. The lowest BCUT2D eigenvalue weighted by Gasteiger charge is -2.20. The number of ketones is 1. The van der Waals surface area contributed by atoms with Gasteiger partial charge >= 0.3 is 5.97 Å². The quantitative estimate of drug-likeness (QED) is 0.713. The summed E-state index contributed by atoms with van der Waals surface area (Å²) in [4.78, 5) is 27.5. The van der Waals surface area contributed by atoms with Gasteiger partial charge in [0.15, 0.2) is 0 Å². The minimum Gasteiger partial charge on any atom is -0.455 e. The smallest absolute Gasteiger partial charge is 0.357 e. The second kappa shape index (κ2) is 4.52. The van der Waals surface area contributed by atoms with Crippen molar-refractivity contribution in [2.45, 2.75) is 45.6 Å². The molecular weight excluding hydrogens is 230 g/mol. The van der Waals surface area contributed by atoms with Crippen molar-refractivity contribution in [3.63, 3.8) is 0 Å². The minimum atomic E-state index is -0.537. The number of hydrogen-bond donors (Lipinski definition) is 0. The van der Waals surface area contributed by atoms with Crippen LogP contribution >= 0.6 is 0 Å². The van der Waals surface area contributed by atoms with Crippen LogP contribution in [0.15, 0.2) is 12.1 Å². The largest absolute Gasteiger partial charge is 0.455 e. The number of carbonyl (C=O) groups is 2. The summed E-state index contributed by atoms with van der Waals surface area (Å²) in [6.45, 7) is 5.44. The van der Waals surface area contributed by atoms with E-state index in [1.54, 1.807) is 6.07 Å². The molecule has 18 heavy (non-hydrogen) atoms. The number of ether oxygens (including phenoxy) is 1. The number of rotatable bonds is 1. The van der Waals surface area contributed by atoms with Crippen LogP contribution in [-0.2, 0) is 22.4 Å². The first-order valence-electron chi connectivity index (χ1n) is 6.09. The number of hydrogen-bond acceptors (Lipinski definition) is 4. The lowest BCUT2D eigenvalue weighted by Crippen LogP contribution is -2.25. The van der Waals surface area contributed by atoms with Crippen LogP contribution < -0.4 is 0 Å². The molecule has 0 fully saturated rings. The molecular formula is C14H17NO3. The van der Waals surface area contributed by atoms with Gasteiger partial charge in [-0.25, -0.2) is 9.78 Å². The van der Waals surface area contributed by atoms with Gasteiger partial charge in [-0.15, -0.1) is 0 Å². The molecule has 0 amide bonds. The molecule has 0 saturated carbocycles. The maximum Gasteiger partial charge on any atom is 0.357 e. The van der Waals surface area contributed by atoms with Gasteiger partial charge in [-0.2, -0.15) is 0 Å². The number of pyridine rings is 1. The van der Waals surface area contributed by atoms with Gasteiger partial charge in [0.05, 0.1) is 5.69 Å². The molecule has 1 heterocycles. The molecule has 0 aromatic carbocycles. The van der Waals surface area contributed by atoms with E-state index in [0.29, 0.717) is 12.8 Å². The van der Waals surface area contributed by atoms with Crippen molar-refractivity contribution in [2.75, 3.05) is 0 Å². The summed E-state index contributed by atoms with van der Waals surface area (Å²) in [5.74, 6) is -0.264. The zero-order valence-corrected chi connectivity index (χ0v) is 10.9. The molecule has 2 rings (SSSR count). The monoisotopic (exact) mass is 247 g/mol. The zero-order valence-electron chi connectivity index (χ0n) is 10.9. The third-order valence-corrected chi connectivity index (χ3v) is 2.71. The van der Waals surface area contributed by atoms with Crippen LogP contribution in [0.4, 0.5) is 0 Å². The van der Waals surface area contributed by atoms with Gasteiger partial charge < -0.3 is 4.74 Å². The molecule has 0 atom stereocenters. The summed E-state index contributed by atoms with van der Waals surface area (Å²) in [6.07, 6.45) is 1.61. The summed E-state index contributed by atoms with van der Waals surface area (Å²) in [5.41, 5.74) is 1.51. The maximum atomic E-state index is 11.9. The number of esters is 1. The topological polar surface area (TPSA) is 56.3 Å². The Morgan fingerprint density at radius 2 is 2.00 bits per heavy atom. The number of carbonyl (C=O) groups excluding carboxylic acids is 2. The van der Waals surface area contributed by atoms with Crippen LogP contribution in [0, 0.1) is 0 Å². The second-order valence-corrected chi connectivity index (χ2v) is 5.52. The summed E-state index contributed by atoms with van der Waals surface area (Å²) in [6, 6.07) is 3.54. The van der Waals surface area contributed by atoms with Gasteiger partial charge in [0.25, 0.3) is 0 Å². The normalized spacial score (nSPS) is 15.2. The van der Waals surface area contributed by atoms with E-state index >= 15 is 0 Å². The summed E-state index contributed by atoms with van der Waals surface area (Å²) < 4.78 is 5.26. The van der Waals surface area contributed by atoms with E-state index in [0.717, 1.165) is 17.7 Å². The van der Waals surface area contributed by atoms with Crippen LogP contribution in [0.5, 0.6) is 0 Å². The number of nitrogens with zero attached hydrogens (tertiary/aromatic N) is 1. The molecule has 1 aromatic rings. The summed E-state index contributed by atoms with van der Waals surface area (Å²) >= 11 is 0. The van der Waals surface area contributed by atoms with Gasteiger partial charge in [0, 0.05) is 12.8 Å². The van der Waals surface area contributed by atoms with Crippen molar-refractivity contribution < 1.29 is 14.3 Å². The molecule has 1 aliphatic carbocycles.